The van der Waals surface area contributed by atoms with Gasteiger partial charge in [-0.3, -0.25) is 9.78 Å². The van der Waals surface area contributed by atoms with Gasteiger partial charge in [0, 0.05) is 39.0 Å². The summed E-state index contributed by atoms with van der Waals surface area (Å²) in [5.41, 5.74) is 2.89. The standard InChI is InChI=1S/C21H24Cl3N5OS/c1-25-16-5-2-3-6-17(16)28-13-4-14-29(20(28)31)19(21(22,23)24)27-18(30)8-7-15-9-11-26-12-10-15/h2-3,5-6,9-12,19,25H,4,7-8,13-14H2,1H3,(H,27,30). The zero-order valence-corrected chi connectivity index (χ0v) is 20.1. The van der Waals surface area contributed by atoms with E-state index < -0.39 is 9.96 Å². The minimum atomic E-state index is -1.76. The number of anilines is 2. The van der Waals surface area contributed by atoms with Crippen molar-refractivity contribution in [2.45, 2.75) is 29.2 Å². The fourth-order valence-corrected chi connectivity index (χ4v) is 4.40. The minimum Gasteiger partial charge on any atom is -0.386 e. The molecule has 1 aliphatic rings. The molecule has 10 heteroatoms. The van der Waals surface area contributed by atoms with E-state index in [1.165, 1.54) is 0 Å². The van der Waals surface area contributed by atoms with E-state index >= 15 is 0 Å². The van der Waals surface area contributed by atoms with E-state index in [2.05, 4.69) is 15.6 Å². The first-order valence-corrected chi connectivity index (χ1v) is 11.5. The van der Waals surface area contributed by atoms with Gasteiger partial charge in [0.25, 0.3) is 0 Å². The molecule has 166 valence electrons. The number of thiocarbonyl (C=S) groups is 1. The van der Waals surface area contributed by atoms with E-state index in [-0.39, 0.29) is 12.3 Å². The Morgan fingerprint density at radius 1 is 1.19 bits per heavy atom. The van der Waals surface area contributed by atoms with Crippen molar-refractivity contribution in [1.82, 2.24) is 15.2 Å². The number of amides is 1. The Balaban J connectivity index is 1.75. The summed E-state index contributed by atoms with van der Waals surface area (Å²) < 4.78 is -1.76. The molecule has 0 aliphatic carbocycles. The van der Waals surface area contributed by atoms with Crippen molar-refractivity contribution < 1.29 is 4.79 Å². The molecule has 0 bridgehead atoms. The summed E-state index contributed by atoms with van der Waals surface area (Å²) in [6, 6.07) is 11.6. The first kappa shape index (κ1) is 23.9. The van der Waals surface area contributed by atoms with Crippen LogP contribution < -0.4 is 15.5 Å². The third-order valence-electron chi connectivity index (χ3n) is 5.03. The number of pyridine rings is 1. The maximum absolute atomic E-state index is 12.7. The SMILES string of the molecule is CNc1ccccc1N1CCCN(C(NC(=O)CCc2ccncc2)C(Cl)(Cl)Cl)C1=S. The maximum atomic E-state index is 12.7. The number of carbonyl (C=O) groups excluding carboxylic acids is 1. The lowest BCUT2D eigenvalue weighted by molar-refractivity contribution is -0.122. The van der Waals surface area contributed by atoms with Crippen LogP contribution in [-0.2, 0) is 11.2 Å². The molecule has 0 radical (unpaired) electrons. The molecule has 0 spiro atoms. The van der Waals surface area contributed by atoms with Crippen LogP contribution >= 0.6 is 47.0 Å². The summed E-state index contributed by atoms with van der Waals surface area (Å²) in [4.78, 5) is 20.4. The van der Waals surface area contributed by atoms with Crippen molar-refractivity contribution in [3.8, 4) is 0 Å². The van der Waals surface area contributed by atoms with Gasteiger partial charge in [-0.05, 0) is 54.9 Å². The highest BCUT2D eigenvalue weighted by molar-refractivity contribution is 7.80. The Hall–Kier alpha value is -1.80. The number of aromatic nitrogens is 1. The van der Waals surface area contributed by atoms with E-state index in [0.717, 1.165) is 29.9 Å². The lowest BCUT2D eigenvalue weighted by Crippen LogP contribution is -2.62. The highest BCUT2D eigenvalue weighted by Crippen LogP contribution is 2.35. The molecular formula is C21H24Cl3N5OS. The molecule has 1 unspecified atom stereocenters. The van der Waals surface area contributed by atoms with Gasteiger partial charge in [0.05, 0.1) is 11.4 Å². The van der Waals surface area contributed by atoms with Crippen LogP contribution in [0.2, 0.25) is 0 Å². The molecule has 1 aromatic heterocycles. The molecular weight excluding hydrogens is 477 g/mol. The van der Waals surface area contributed by atoms with Gasteiger partial charge in [-0.15, -0.1) is 0 Å². The van der Waals surface area contributed by atoms with E-state index in [1.54, 1.807) is 17.3 Å². The van der Waals surface area contributed by atoms with Gasteiger partial charge in [-0.25, -0.2) is 0 Å². The van der Waals surface area contributed by atoms with Crippen LogP contribution in [0.4, 0.5) is 11.4 Å². The molecule has 1 fully saturated rings. The van der Waals surface area contributed by atoms with Crippen molar-refractivity contribution in [3.05, 3.63) is 54.4 Å². The van der Waals surface area contributed by atoms with Crippen LogP contribution in [-0.4, -0.2) is 51.0 Å². The molecule has 1 aliphatic heterocycles. The molecule has 1 amide bonds. The number of alkyl halides is 3. The van der Waals surface area contributed by atoms with E-state index in [9.17, 15) is 4.79 Å². The van der Waals surface area contributed by atoms with Crippen molar-refractivity contribution >= 4 is 69.4 Å². The fraction of sp³-hybridized carbons (Fsp3) is 0.381. The number of nitrogens with one attached hydrogen (secondary N) is 2. The molecule has 2 N–H and O–H groups in total. The van der Waals surface area contributed by atoms with Gasteiger partial charge in [0.2, 0.25) is 9.70 Å². The Morgan fingerprint density at radius 2 is 1.90 bits per heavy atom. The summed E-state index contributed by atoms with van der Waals surface area (Å²) in [5.74, 6) is -0.219. The van der Waals surface area contributed by atoms with Crippen LogP contribution in [0.5, 0.6) is 0 Å². The molecule has 31 heavy (non-hydrogen) atoms. The highest BCUT2D eigenvalue weighted by Gasteiger charge is 2.42. The van der Waals surface area contributed by atoms with Gasteiger partial charge in [0.15, 0.2) is 11.3 Å². The van der Waals surface area contributed by atoms with Crippen molar-refractivity contribution in [2.24, 2.45) is 0 Å². The summed E-state index contributed by atoms with van der Waals surface area (Å²) in [7, 11) is 1.86. The number of hydrogen-bond donors (Lipinski definition) is 2. The Bertz CT molecular complexity index is 909. The number of nitrogens with zero attached hydrogens (tertiary/aromatic N) is 3. The van der Waals surface area contributed by atoms with Gasteiger partial charge < -0.3 is 20.4 Å². The van der Waals surface area contributed by atoms with Gasteiger partial charge in [-0.2, -0.15) is 0 Å². The second kappa shape index (κ2) is 10.7. The third-order valence-corrected chi connectivity index (χ3v) is 6.11. The molecule has 1 saturated heterocycles. The predicted octanol–water partition coefficient (Wildman–Crippen LogP) is 4.37. The van der Waals surface area contributed by atoms with E-state index in [1.807, 2.05) is 48.3 Å². The van der Waals surface area contributed by atoms with Crippen molar-refractivity contribution in [3.63, 3.8) is 0 Å². The lowest BCUT2D eigenvalue weighted by atomic mass is 10.1. The first-order valence-electron chi connectivity index (χ1n) is 9.91. The van der Waals surface area contributed by atoms with Crippen molar-refractivity contribution in [1.29, 1.82) is 0 Å². The fourth-order valence-electron chi connectivity index (χ4n) is 3.50. The number of carbonyl (C=O) groups is 1. The van der Waals surface area contributed by atoms with Crippen molar-refractivity contribution in [2.75, 3.05) is 30.4 Å². The molecule has 1 aromatic carbocycles. The maximum Gasteiger partial charge on any atom is 0.228 e. The smallest absolute Gasteiger partial charge is 0.228 e. The molecule has 0 saturated carbocycles. The summed E-state index contributed by atoms with van der Waals surface area (Å²) in [6.45, 7) is 1.30. The monoisotopic (exact) mass is 499 g/mol. The molecule has 2 aromatic rings. The molecule has 2 heterocycles. The zero-order chi connectivity index (χ0) is 22.4. The number of hydrogen-bond acceptors (Lipinski definition) is 4. The second-order valence-electron chi connectivity index (χ2n) is 7.12. The first-order chi connectivity index (χ1) is 14.8. The quantitative estimate of drug-likeness (QED) is 0.435. The normalized spacial score (nSPS) is 15.5. The largest absolute Gasteiger partial charge is 0.386 e. The van der Waals surface area contributed by atoms with Crippen LogP contribution in [0, 0.1) is 0 Å². The molecule has 6 nitrogen and oxygen atoms in total. The highest BCUT2D eigenvalue weighted by atomic mass is 35.6. The van der Waals surface area contributed by atoms with Crippen LogP contribution in [0.3, 0.4) is 0 Å². The lowest BCUT2D eigenvalue weighted by Gasteiger charge is -2.45. The number of rotatable bonds is 7. The average Bonchev–Trinajstić information content (AvgIpc) is 2.76. The van der Waals surface area contributed by atoms with E-state index in [4.69, 9.17) is 47.0 Å². The predicted molar refractivity (Wildman–Crippen MR) is 132 cm³/mol. The Labute approximate surface area is 202 Å². The Morgan fingerprint density at radius 3 is 2.58 bits per heavy atom. The third kappa shape index (κ3) is 6.13. The number of aryl methyl sites for hydroxylation is 1. The second-order valence-corrected chi connectivity index (χ2v) is 9.85. The van der Waals surface area contributed by atoms with Crippen LogP contribution in [0.1, 0.15) is 18.4 Å². The minimum absolute atomic E-state index is 0.219. The summed E-state index contributed by atoms with van der Waals surface area (Å²) in [5, 5.41) is 6.55. The topological polar surface area (TPSA) is 60.5 Å². The molecule has 1 atom stereocenters. The summed E-state index contributed by atoms with van der Waals surface area (Å²) in [6.07, 6.45) is 4.12. The van der Waals surface area contributed by atoms with Gasteiger partial charge >= 0.3 is 0 Å². The zero-order valence-electron chi connectivity index (χ0n) is 17.0. The van der Waals surface area contributed by atoms with Gasteiger partial charge in [-0.1, -0.05) is 46.9 Å². The van der Waals surface area contributed by atoms with Gasteiger partial charge in [0.1, 0.15) is 0 Å². The number of benzene rings is 1. The van der Waals surface area contributed by atoms with Crippen LogP contribution in [0.25, 0.3) is 0 Å². The van der Waals surface area contributed by atoms with Crippen LogP contribution in [0.15, 0.2) is 48.8 Å². The van der Waals surface area contributed by atoms with E-state index in [0.29, 0.717) is 18.1 Å². The number of para-hydroxylation sites is 2. The number of halogens is 3. The Kier molecular flexibility index (Phi) is 8.22. The molecule has 3 rings (SSSR count). The summed E-state index contributed by atoms with van der Waals surface area (Å²) >= 11 is 24.6. The average molecular weight is 501 g/mol.